The molecule has 1 aliphatic rings. The fourth-order valence-electron chi connectivity index (χ4n) is 2.15. The van der Waals surface area contributed by atoms with Crippen molar-refractivity contribution < 1.29 is 14.5 Å². The maximum atomic E-state index is 11.9. The van der Waals surface area contributed by atoms with E-state index >= 15 is 0 Å². The van der Waals surface area contributed by atoms with Gasteiger partial charge in [-0.2, -0.15) is 0 Å². The first-order valence-corrected chi connectivity index (χ1v) is 7.61. The van der Waals surface area contributed by atoms with Gasteiger partial charge in [-0.3, -0.25) is 10.1 Å². The molecule has 7 heteroatoms. The summed E-state index contributed by atoms with van der Waals surface area (Å²) in [5.74, 6) is -0.616. The summed E-state index contributed by atoms with van der Waals surface area (Å²) in [7, 11) is 0. The van der Waals surface area contributed by atoms with Gasteiger partial charge in [0, 0.05) is 11.6 Å². The van der Waals surface area contributed by atoms with Crippen molar-refractivity contribution in [2.24, 2.45) is 4.99 Å². The number of esters is 1. The number of benzene rings is 2. The Morgan fingerprint density at radius 3 is 2.64 bits per heavy atom. The number of nitro groups is 1. The molecular formula is C18H11ClN2O4. The largest absolute Gasteiger partial charge is 0.402 e. The Labute approximate surface area is 147 Å². The minimum absolute atomic E-state index is 0.000216. The van der Waals surface area contributed by atoms with Crippen LogP contribution in [0.3, 0.4) is 0 Å². The third-order valence-electron chi connectivity index (χ3n) is 3.35. The Hall–Kier alpha value is -3.25. The van der Waals surface area contributed by atoms with Crippen molar-refractivity contribution in [3.63, 3.8) is 0 Å². The molecule has 0 aromatic heterocycles. The smallest absolute Gasteiger partial charge is 0.363 e. The first kappa shape index (κ1) is 16.6. The maximum absolute atomic E-state index is 11.9. The van der Waals surface area contributed by atoms with Crippen LogP contribution in [0.1, 0.15) is 11.1 Å². The number of nitro benzene ring substituents is 1. The molecule has 0 saturated heterocycles. The summed E-state index contributed by atoms with van der Waals surface area (Å²) in [6, 6.07) is 13.6. The molecule has 1 aliphatic heterocycles. The van der Waals surface area contributed by atoms with Gasteiger partial charge in [0.2, 0.25) is 5.90 Å². The number of hydrogen-bond acceptors (Lipinski definition) is 5. The highest BCUT2D eigenvalue weighted by molar-refractivity contribution is 6.32. The number of halogens is 1. The second-order valence-electron chi connectivity index (χ2n) is 5.05. The molecule has 3 rings (SSSR count). The lowest BCUT2D eigenvalue weighted by atomic mass is 10.2. The first-order chi connectivity index (χ1) is 12.0. The maximum Gasteiger partial charge on any atom is 0.363 e. The summed E-state index contributed by atoms with van der Waals surface area (Å²) < 4.78 is 5.08. The average molecular weight is 355 g/mol. The van der Waals surface area contributed by atoms with Gasteiger partial charge in [0.25, 0.3) is 5.69 Å². The fraction of sp³-hybridized carbons (Fsp3) is 0. The lowest BCUT2D eigenvalue weighted by Gasteiger charge is -2.00. The summed E-state index contributed by atoms with van der Waals surface area (Å²) in [6.07, 6.45) is 5.02. The highest BCUT2D eigenvalue weighted by Gasteiger charge is 2.25. The number of ether oxygens (including phenoxy) is 1. The summed E-state index contributed by atoms with van der Waals surface area (Å²) >= 11 is 5.77. The van der Waals surface area contributed by atoms with Crippen LogP contribution >= 0.6 is 11.6 Å². The fourth-order valence-corrected chi connectivity index (χ4v) is 2.33. The number of rotatable bonds is 4. The Balaban J connectivity index is 1.85. The number of cyclic esters (lactones) is 1. The number of allylic oxidation sites excluding steroid dienone is 2. The molecule has 1 heterocycles. The molecule has 0 N–H and O–H groups in total. The van der Waals surface area contributed by atoms with E-state index in [-0.39, 0.29) is 22.3 Å². The third-order valence-corrected chi connectivity index (χ3v) is 3.67. The van der Waals surface area contributed by atoms with Gasteiger partial charge in [-0.25, -0.2) is 9.79 Å². The van der Waals surface area contributed by atoms with Crippen LogP contribution in [0.4, 0.5) is 5.69 Å². The molecule has 0 unspecified atom stereocenters. The van der Waals surface area contributed by atoms with Crippen LogP contribution in [0.15, 0.2) is 71.4 Å². The second kappa shape index (κ2) is 7.11. The standard InChI is InChI=1S/C18H11ClN2O4/c19-14-10-9-13(11-16(14)21(23)24)17-20-15(18(22)25-17)8-4-7-12-5-2-1-3-6-12/h1-11H/b7-4+,15-8+. The number of carbonyl (C=O) groups excluding carboxylic acids is 1. The van der Waals surface area contributed by atoms with E-state index in [2.05, 4.69) is 4.99 Å². The Morgan fingerprint density at radius 1 is 1.16 bits per heavy atom. The average Bonchev–Trinajstić information content (AvgIpc) is 2.97. The monoisotopic (exact) mass is 354 g/mol. The zero-order valence-electron chi connectivity index (χ0n) is 12.8. The molecule has 2 aromatic rings. The SMILES string of the molecule is O=C1OC(c2ccc(Cl)c([N+](=O)[O-])c2)=N/C1=C/C=C/c1ccccc1. The molecule has 0 fully saturated rings. The van der Waals surface area contributed by atoms with Crippen molar-refractivity contribution in [1.82, 2.24) is 0 Å². The zero-order chi connectivity index (χ0) is 17.8. The molecular weight excluding hydrogens is 344 g/mol. The third kappa shape index (κ3) is 3.81. The number of carbonyl (C=O) groups is 1. The molecule has 0 bridgehead atoms. The van der Waals surface area contributed by atoms with Gasteiger partial charge in [0.05, 0.1) is 4.92 Å². The topological polar surface area (TPSA) is 81.8 Å². The van der Waals surface area contributed by atoms with Crippen molar-refractivity contribution in [1.29, 1.82) is 0 Å². The van der Waals surface area contributed by atoms with E-state index in [9.17, 15) is 14.9 Å². The predicted molar refractivity (Wildman–Crippen MR) is 94.3 cm³/mol. The lowest BCUT2D eigenvalue weighted by molar-refractivity contribution is -0.384. The van der Waals surface area contributed by atoms with Crippen LogP contribution in [-0.2, 0) is 9.53 Å². The molecule has 2 aromatic carbocycles. The Bertz CT molecular complexity index is 933. The zero-order valence-corrected chi connectivity index (χ0v) is 13.5. The quantitative estimate of drug-likeness (QED) is 0.357. The predicted octanol–water partition coefficient (Wildman–Crippen LogP) is 4.15. The van der Waals surface area contributed by atoms with E-state index in [1.807, 2.05) is 36.4 Å². The summed E-state index contributed by atoms with van der Waals surface area (Å²) in [6.45, 7) is 0. The molecule has 0 atom stereocenters. The van der Waals surface area contributed by atoms with Crippen molar-refractivity contribution in [3.8, 4) is 0 Å². The van der Waals surface area contributed by atoms with E-state index in [0.717, 1.165) is 5.56 Å². The summed E-state index contributed by atoms with van der Waals surface area (Å²) in [5.41, 5.74) is 1.11. The minimum atomic E-state index is -0.620. The Kier molecular flexibility index (Phi) is 4.72. The van der Waals surface area contributed by atoms with E-state index in [1.165, 1.54) is 24.3 Å². The summed E-state index contributed by atoms with van der Waals surface area (Å²) in [5, 5.41) is 10.9. The van der Waals surface area contributed by atoms with Crippen LogP contribution in [-0.4, -0.2) is 16.8 Å². The van der Waals surface area contributed by atoms with Crippen LogP contribution in [0, 0.1) is 10.1 Å². The van der Waals surface area contributed by atoms with Gasteiger partial charge in [-0.15, -0.1) is 0 Å². The molecule has 6 nitrogen and oxygen atoms in total. The molecule has 0 spiro atoms. The number of hydrogen-bond donors (Lipinski definition) is 0. The molecule has 0 amide bonds. The van der Waals surface area contributed by atoms with Crippen LogP contribution in [0.25, 0.3) is 6.08 Å². The van der Waals surface area contributed by atoms with Crippen LogP contribution in [0.5, 0.6) is 0 Å². The Morgan fingerprint density at radius 2 is 1.92 bits per heavy atom. The lowest BCUT2D eigenvalue weighted by Crippen LogP contribution is -2.06. The van der Waals surface area contributed by atoms with Crippen molar-refractivity contribution in [3.05, 3.63) is 92.6 Å². The van der Waals surface area contributed by atoms with Gasteiger partial charge >= 0.3 is 5.97 Å². The van der Waals surface area contributed by atoms with E-state index in [1.54, 1.807) is 6.08 Å². The normalized spacial score (nSPS) is 15.5. The first-order valence-electron chi connectivity index (χ1n) is 7.23. The molecule has 25 heavy (non-hydrogen) atoms. The number of aliphatic imine (C=N–C) groups is 1. The van der Waals surface area contributed by atoms with E-state index in [0.29, 0.717) is 5.56 Å². The van der Waals surface area contributed by atoms with E-state index < -0.39 is 10.9 Å². The van der Waals surface area contributed by atoms with Crippen molar-refractivity contribution in [2.75, 3.05) is 0 Å². The van der Waals surface area contributed by atoms with Crippen molar-refractivity contribution in [2.45, 2.75) is 0 Å². The molecule has 0 saturated carbocycles. The molecule has 124 valence electrons. The number of nitrogens with zero attached hydrogens (tertiary/aromatic N) is 2. The van der Waals surface area contributed by atoms with Crippen molar-refractivity contribution >= 4 is 35.2 Å². The highest BCUT2D eigenvalue weighted by Crippen LogP contribution is 2.27. The van der Waals surface area contributed by atoms with Gasteiger partial charge < -0.3 is 4.74 Å². The summed E-state index contributed by atoms with van der Waals surface area (Å²) in [4.78, 5) is 26.3. The van der Waals surface area contributed by atoms with Gasteiger partial charge in [0.15, 0.2) is 5.70 Å². The molecule has 0 aliphatic carbocycles. The van der Waals surface area contributed by atoms with Gasteiger partial charge in [-0.1, -0.05) is 54.1 Å². The van der Waals surface area contributed by atoms with E-state index in [4.69, 9.17) is 16.3 Å². The van der Waals surface area contributed by atoms with Crippen LogP contribution in [0.2, 0.25) is 5.02 Å². The van der Waals surface area contributed by atoms with Crippen LogP contribution < -0.4 is 0 Å². The van der Waals surface area contributed by atoms with Gasteiger partial charge in [0.1, 0.15) is 5.02 Å². The highest BCUT2D eigenvalue weighted by atomic mass is 35.5. The molecule has 0 radical (unpaired) electrons. The second-order valence-corrected chi connectivity index (χ2v) is 5.46. The van der Waals surface area contributed by atoms with Gasteiger partial charge in [-0.05, 0) is 23.8 Å². The minimum Gasteiger partial charge on any atom is -0.402 e.